The number of halogens is 6. The monoisotopic (exact) mass is 500 g/mol. The first-order valence-electron chi connectivity index (χ1n) is 10.9. The van der Waals surface area contributed by atoms with Crippen molar-refractivity contribution in [3.8, 4) is 0 Å². The van der Waals surface area contributed by atoms with Gasteiger partial charge in [0.25, 0.3) is 0 Å². The van der Waals surface area contributed by atoms with E-state index in [4.69, 9.17) is 9.47 Å². The number of rotatable bonds is 11. The molecule has 0 saturated heterocycles. The summed E-state index contributed by atoms with van der Waals surface area (Å²) in [5.41, 5.74) is -3.75. The highest BCUT2D eigenvalue weighted by molar-refractivity contribution is 5.33. The molecule has 0 aromatic heterocycles. The summed E-state index contributed by atoms with van der Waals surface area (Å²) in [7, 11) is 0. The second kappa shape index (κ2) is 9.30. The quantitative estimate of drug-likeness (QED) is 0.240. The fourth-order valence-corrected chi connectivity index (χ4v) is 3.52. The van der Waals surface area contributed by atoms with Crippen molar-refractivity contribution >= 4 is 0 Å². The lowest BCUT2D eigenvalue weighted by molar-refractivity contribution is -0.166. The fourth-order valence-electron chi connectivity index (χ4n) is 3.52. The summed E-state index contributed by atoms with van der Waals surface area (Å²) in [4.78, 5) is 0. The van der Waals surface area contributed by atoms with Crippen molar-refractivity contribution < 1.29 is 35.8 Å². The Labute approximate surface area is 197 Å². The van der Waals surface area contributed by atoms with Gasteiger partial charge in [0.2, 0.25) is 0 Å². The lowest BCUT2D eigenvalue weighted by Gasteiger charge is -2.20. The van der Waals surface area contributed by atoms with Crippen molar-refractivity contribution in [2.45, 2.75) is 69.4 Å². The lowest BCUT2D eigenvalue weighted by Crippen LogP contribution is -2.30. The summed E-state index contributed by atoms with van der Waals surface area (Å²) in [5, 5.41) is 12.7. The van der Waals surface area contributed by atoms with Crippen molar-refractivity contribution in [1.82, 2.24) is 0 Å². The average Bonchev–Trinajstić information content (AvgIpc) is 3.71. The number of hydrogen-bond acceptors (Lipinski definition) is 6. The molecule has 0 bridgehead atoms. The summed E-state index contributed by atoms with van der Waals surface area (Å²) in [5.74, 6) is 0. The second-order valence-corrected chi connectivity index (χ2v) is 8.33. The zero-order chi connectivity index (χ0) is 25.3. The third kappa shape index (κ3) is 5.22. The Bertz CT molecular complexity index is 986. The molecule has 0 radical (unpaired) electrons. The fraction of sp³-hybridized carbons (Fsp3) is 0.478. The highest BCUT2D eigenvalue weighted by Gasteiger charge is 2.65. The highest BCUT2D eigenvalue weighted by Crippen LogP contribution is 2.53. The lowest BCUT2D eigenvalue weighted by atomic mass is 10.0. The van der Waals surface area contributed by atoms with Gasteiger partial charge in [-0.2, -0.15) is 26.3 Å². The minimum atomic E-state index is -4.59. The van der Waals surface area contributed by atoms with Gasteiger partial charge in [0.15, 0.2) is 6.29 Å². The molecule has 0 fully saturated rings. The van der Waals surface area contributed by atoms with Gasteiger partial charge in [0.1, 0.15) is 0 Å². The molecule has 2 heterocycles. The number of hydrogen-bond donors (Lipinski definition) is 0. The summed E-state index contributed by atoms with van der Waals surface area (Å²) < 4.78 is 90.4. The number of ether oxygens (including phenoxy) is 2. The molecular formula is C23H22F6N4O2. The maximum absolute atomic E-state index is 13.1. The van der Waals surface area contributed by atoms with Crippen LogP contribution in [-0.2, 0) is 34.0 Å². The molecule has 188 valence electrons. The van der Waals surface area contributed by atoms with Crippen LogP contribution in [0.15, 0.2) is 69.0 Å². The van der Waals surface area contributed by atoms with Crippen LogP contribution in [0.25, 0.3) is 0 Å². The minimum Gasteiger partial charge on any atom is -0.348 e. The van der Waals surface area contributed by atoms with Gasteiger partial charge in [-0.15, -0.1) is 20.5 Å². The Hall–Kier alpha value is -2.86. The van der Waals surface area contributed by atoms with Gasteiger partial charge >= 0.3 is 23.7 Å². The SMILES string of the molecule is CCCCC(OCc1ccc(C2(C(F)(F)F)N=N2)cc1)OCc1ccc(C2(C(F)(F)F)N=N2)cc1. The van der Waals surface area contributed by atoms with Crippen molar-refractivity contribution in [2.75, 3.05) is 0 Å². The number of alkyl halides is 6. The van der Waals surface area contributed by atoms with E-state index in [9.17, 15) is 26.3 Å². The van der Waals surface area contributed by atoms with E-state index < -0.39 is 30.0 Å². The molecule has 0 amide bonds. The maximum Gasteiger partial charge on any atom is 0.442 e. The van der Waals surface area contributed by atoms with Gasteiger partial charge in [0, 0.05) is 11.1 Å². The van der Waals surface area contributed by atoms with E-state index in [1.165, 1.54) is 48.5 Å². The standard InChI is InChI=1S/C23H22F6N4O2/c1-2-3-4-19(34-13-15-5-9-17(10-6-15)20(30-31-20)22(24,25)26)35-14-16-7-11-18(12-8-16)21(32-33-21)23(27,28)29/h5-12,19H,2-4,13-14H2,1H3. The molecule has 0 saturated carbocycles. The summed E-state index contributed by atoms with van der Waals surface area (Å²) in [6.45, 7) is 2.22. The summed E-state index contributed by atoms with van der Waals surface area (Å²) in [6, 6.07) is 11.4. The Morgan fingerprint density at radius 1 is 0.686 bits per heavy atom. The van der Waals surface area contributed by atoms with Crippen LogP contribution in [0.3, 0.4) is 0 Å². The minimum absolute atomic E-state index is 0.0601. The van der Waals surface area contributed by atoms with E-state index in [-0.39, 0.29) is 24.3 Å². The topological polar surface area (TPSA) is 67.9 Å². The molecule has 2 aromatic rings. The maximum atomic E-state index is 13.1. The molecule has 0 atom stereocenters. The second-order valence-electron chi connectivity index (χ2n) is 8.33. The molecule has 12 heteroatoms. The Morgan fingerprint density at radius 3 is 1.34 bits per heavy atom. The normalized spacial score (nSPS) is 17.7. The van der Waals surface area contributed by atoms with E-state index in [1.807, 2.05) is 6.92 Å². The third-order valence-electron chi connectivity index (χ3n) is 5.77. The van der Waals surface area contributed by atoms with Crippen molar-refractivity contribution in [3.05, 3.63) is 70.8 Å². The molecule has 2 aliphatic rings. The number of benzene rings is 2. The predicted octanol–water partition coefficient (Wildman–Crippen LogP) is 7.30. The van der Waals surface area contributed by atoms with E-state index in [0.717, 1.165) is 12.8 Å². The van der Waals surface area contributed by atoms with E-state index in [0.29, 0.717) is 17.5 Å². The van der Waals surface area contributed by atoms with E-state index in [1.54, 1.807) is 0 Å². The highest BCUT2D eigenvalue weighted by atomic mass is 19.4. The molecule has 2 aliphatic heterocycles. The first-order valence-corrected chi connectivity index (χ1v) is 10.9. The van der Waals surface area contributed by atoms with Crippen LogP contribution in [0, 0.1) is 0 Å². The van der Waals surface area contributed by atoms with Gasteiger partial charge in [-0.1, -0.05) is 61.9 Å². The third-order valence-corrected chi connectivity index (χ3v) is 5.77. The zero-order valence-corrected chi connectivity index (χ0v) is 18.6. The van der Waals surface area contributed by atoms with Crippen molar-refractivity contribution in [3.63, 3.8) is 0 Å². The molecular weight excluding hydrogens is 478 g/mol. The largest absolute Gasteiger partial charge is 0.442 e. The van der Waals surface area contributed by atoms with Crippen LogP contribution in [-0.4, -0.2) is 18.6 Å². The number of nitrogens with zero attached hydrogens (tertiary/aromatic N) is 4. The number of unbranched alkanes of at least 4 members (excludes halogenated alkanes) is 1. The molecule has 0 aliphatic carbocycles. The van der Waals surface area contributed by atoms with Crippen LogP contribution in [0.4, 0.5) is 26.3 Å². The van der Waals surface area contributed by atoms with Crippen molar-refractivity contribution in [2.24, 2.45) is 20.5 Å². The van der Waals surface area contributed by atoms with Gasteiger partial charge in [-0.05, 0) is 24.0 Å². The zero-order valence-electron chi connectivity index (χ0n) is 18.6. The molecule has 35 heavy (non-hydrogen) atoms. The predicted molar refractivity (Wildman–Crippen MR) is 111 cm³/mol. The van der Waals surface area contributed by atoms with Gasteiger partial charge in [-0.3, -0.25) is 0 Å². The smallest absolute Gasteiger partial charge is 0.348 e. The molecule has 0 N–H and O–H groups in total. The van der Waals surface area contributed by atoms with E-state index >= 15 is 0 Å². The van der Waals surface area contributed by atoms with Crippen LogP contribution in [0.1, 0.15) is 48.4 Å². The van der Waals surface area contributed by atoms with Crippen LogP contribution < -0.4 is 0 Å². The first kappa shape index (κ1) is 25.2. The molecule has 0 spiro atoms. The Kier molecular flexibility index (Phi) is 6.71. The van der Waals surface area contributed by atoms with E-state index in [2.05, 4.69) is 20.5 Å². The Morgan fingerprint density at radius 2 is 1.06 bits per heavy atom. The van der Waals surface area contributed by atoms with Crippen molar-refractivity contribution in [1.29, 1.82) is 0 Å². The Balaban J connectivity index is 1.32. The van der Waals surface area contributed by atoms with Crippen LogP contribution in [0.5, 0.6) is 0 Å². The molecule has 6 nitrogen and oxygen atoms in total. The van der Waals surface area contributed by atoms with Gasteiger partial charge < -0.3 is 9.47 Å². The average molecular weight is 500 g/mol. The van der Waals surface area contributed by atoms with Gasteiger partial charge in [-0.25, -0.2) is 0 Å². The summed E-state index contributed by atoms with van der Waals surface area (Å²) in [6.07, 6.45) is -7.48. The van der Waals surface area contributed by atoms with Gasteiger partial charge in [0.05, 0.1) is 13.2 Å². The molecule has 2 aromatic carbocycles. The summed E-state index contributed by atoms with van der Waals surface area (Å²) >= 11 is 0. The van der Waals surface area contributed by atoms with Crippen LogP contribution >= 0.6 is 0 Å². The molecule has 0 unspecified atom stereocenters. The molecule has 4 rings (SSSR count). The van der Waals surface area contributed by atoms with Crippen LogP contribution in [0.2, 0.25) is 0 Å². The first-order chi connectivity index (χ1) is 16.5.